The summed E-state index contributed by atoms with van der Waals surface area (Å²) in [7, 11) is 0. The van der Waals surface area contributed by atoms with E-state index in [1.165, 1.54) is 23.9 Å². The number of primary amides is 1. The van der Waals surface area contributed by atoms with E-state index in [0.29, 0.717) is 12.4 Å². The van der Waals surface area contributed by atoms with E-state index in [4.69, 9.17) is 10.7 Å². The molecule has 0 spiro atoms. The fraction of sp³-hybridized carbons (Fsp3) is 0.250. The number of nitro benzene ring substituents is 1. The van der Waals surface area contributed by atoms with Crippen LogP contribution in [0.4, 0.5) is 10.5 Å². The average Bonchev–Trinajstić information content (AvgIpc) is 3.05. The average molecular weight is 427 g/mol. The van der Waals surface area contributed by atoms with Crippen molar-refractivity contribution in [3.8, 4) is 0 Å². The number of benzene rings is 1. The highest BCUT2D eigenvalue weighted by Crippen LogP contribution is 2.36. The summed E-state index contributed by atoms with van der Waals surface area (Å²) in [6.07, 6.45) is 3.47. The molecule has 0 aliphatic carbocycles. The van der Waals surface area contributed by atoms with Gasteiger partial charge < -0.3 is 15.6 Å². The number of imidazole rings is 1. The van der Waals surface area contributed by atoms with Gasteiger partial charge in [-0.05, 0) is 23.6 Å². The molecule has 9 nitrogen and oxygen atoms in total. The molecule has 3 N–H and O–H groups in total. The number of nitro groups is 1. The molecule has 0 unspecified atom stereocenters. The van der Waals surface area contributed by atoms with E-state index in [9.17, 15) is 14.9 Å². The first kappa shape index (κ1) is 21.3. The molecule has 0 saturated carbocycles. The van der Waals surface area contributed by atoms with Crippen LogP contribution in [0.3, 0.4) is 0 Å². The first-order valence-electron chi connectivity index (χ1n) is 9.29. The van der Waals surface area contributed by atoms with Crippen LogP contribution in [0.5, 0.6) is 0 Å². The molecule has 0 bridgehead atoms. The number of aromatic nitrogens is 3. The number of nitrogens with two attached hydrogens (primary N) is 1. The minimum atomic E-state index is -0.634. The van der Waals surface area contributed by atoms with Gasteiger partial charge in [0.2, 0.25) is 0 Å². The Labute approximate surface area is 177 Å². The Morgan fingerprint density at radius 1 is 1.33 bits per heavy atom. The van der Waals surface area contributed by atoms with Crippen molar-refractivity contribution < 1.29 is 9.72 Å². The van der Waals surface area contributed by atoms with Crippen LogP contribution < -0.4 is 11.1 Å². The maximum absolute atomic E-state index is 11.3. The van der Waals surface area contributed by atoms with E-state index >= 15 is 0 Å². The molecule has 156 valence electrons. The zero-order chi connectivity index (χ0) is 21.7. The number of amides is 2. The van der Waals surface area contributed by atoms with E-state index in [1.807, 2.05) is 36.6 Å². The van der Waals surface area contributed by atoms with Crippen LogP contribution in [0, 0.1) is 10.1 Å². The minimum absolute atomic E-state index is 0.0278. The molecule has 0 aliphatic rings. The van der Waals surface area contributed by atoms with Crippen molar-refractivity contribution in [3.63, 3.8) is 0 Å². The first-order chi connectivity index (χ1) is 14.3. The zero-order valence-electron chi connectivity index (χ0n) is 16.6. The summed E-state index contributed by atoms with van der Waals surface area (Å²) in [5, 5.41) is 14.6. The third-order valence-electron chi connectivity index (χ3n) is 4.30. The molecule has 0 aliphatic heterocycles. The number of carbonyl (C=O) groups is 1. The van der Waals surface area contributed by atoms with Gasteiger partial charge in [0.05, 0.1) is 23.7 Å². The normalized spacial score (nSPS) is 10.9. The van der Waals surface area contributed by atoms with Gasteiger partial charge in [-0.15, -0.1) is 0 Å². The van der Waals surface area contributed by atoms with Crippen LogP contribution in [0.1, 0.15) is 36.8 Å². The fourth-order valence-corrected chi connectivity index (χ4v) is 4.11. The smallest absolute Gasteiger partial charge is 0.312 e. The highest BCUT2D eigenvalue weighted by atomic mass is 32.2. The van der Waals surface area contributed by atoms with E-state index < -0.39 is 11.0 Å². The summed E-state index contributed by atoms with van der Waals surface area (Å²) in [4.78, 5) is 31.6. The molecule has 3 rings (SSSR count). The maximum Gasteiger partial charge on any atom is 0.312 e. The monoisotopic (exact) mass is 426 g/mol. The third-order valence-corrected chi connectivity index (χ3v) is 5.41. The van der Waals surface area contributed by atoms with Crippen LogP contribution in [0.15, 0.2) is 58.7 Å². The Morgan fingerprint density at radius 2 is 2.13 bits per heavy atom. The van der Waals surface area contributed by atoms with Crippen LogP contribution in [0.2, 0.25) is 0 Å². The van der Waals surface area contributed by atoms with Gasteiger partial charge in [0.15, 0.2) is 0 Å². The lowest BCUT2D eigenvalue weighted by Gasteiger charge is -2.13. The topological polar surface area (TPSA) is 129 Å². The van der Waals surface area contributed by atoms with Gasteiger partial charge in [-0.1, -0.05) is 37.7 Å². The van der Waals surface area contributed by atoms with Gasteiger partial charge in [0.25, 0.3) is 5.69 Å². The van der Waals surface area contributed by atoms with Crippen molar-refractivity contribution >= 4 is 23.5 Å². The molecule has 10 heteroatoms. The Bertz CT molecular complexity index is 1050. The Balaban J connectivity index is 2.06. The molecule has 2 amide bonds. The Morgan fingerprint density at radius 3 is 2.77 bits per heavy atom. The summed E-state index contributed by atoms with van der Waals surface area (Å²) < 4.78 is 1.99. The number of non-ortho nitro benzene ring substituents is 1. The number of urea groups is 1. The van der Waals surface area contributed by atoms with Gasteiger partial charge in [-0.25, -0.2) is 9.78 Å². The number of hydrogen-bond donors (Lipinski definition) is 2. The quantitative estimate of drug-likeness (QED) is 0.417. The second kappa shape index (κ2) is 9.40. The summed E-state index contributed by atoms with van der Waals surface area (Å²) in [6, 6.07) is 9.65. The van der Waals surface area contributed by atoms with Gasteiger partial charge in [0, 0.05) is 29.4 Å². The number of carbonyl (C=O) groups excluding carboxylic acids is 1. The molecule has 0 atom stereocenters. The molecule has 3 aromatic rings. The molecular weight excluding hydrogens is 404 g/mol. The second-order valence-corrected chi connectivity index (χ2v) is 7.96. The lowest BCUT2D eigenvalue weighted by atomic mass is 10.1. The Kier molecular flexibility index (Phi) is 6.68. The second-order valence-electron chi connectivity index (χ2n) is 6.89. The molecule has 2 aromatic heterocycles. The predicted molar refractivity (Wildman–Crippen MR) is 113 cm³/mol. The highest BCUT2D eigenvalue weighted by molar-refractivity contribution is 7.99. The molecule has 0 saturated heterocycles. The van der Waals surface area contributed by atoms with Crippen molar-refractivity contribution in [1.29, 1.82) is 0 Å². The SMILES string of the molecule is CC(C)c1nc(CNC(N)=O)n(Cc2cccnc2)c1Sc1cccc([N+](=O)[O-])c1. The third kappa shape index (κ3) is 5.15. The largest absolute Gasteiger partial charge is 0.352 e. The van der Waals surface area contributed by atoms with Crippen LogP contribution >= 0.6 is 11.8 Å². The number of nitrogens with zero attached hydrogens (tertiary/aromatic N) is 4. The van der Waals surface area contributed by atoms with Crippen LogP contribution in [-0.2, 0) is 13.1 Å². The Hall–Kier alpha value is -3.40. The minimum Gasteiger partial charge on any atom is -0.352 e. The highest BCUT2D eigenvalue weighted by Gasteiger charge is 2.21. The van der Waals surface area contributed by atoms with E-state index in [2.05, 4.69) is 10.3 Å². The van der Waals surface area contributed by atoms with E-state index in [1.54, 1.807) is 18.5 Å². The molecule has 2 heterocycles. The van der Waals surface area contributed by atoms with Crippen molar-refractivity contribution in [2.75, 3.05) is 0 Å². The standard InChI is InChI=1S/C20H22N6O3S/c1-13(2)18-19(30-16-7-3-6-15(9-16)26(28)29)25(12-14-5-4-8-22-10-14)17(24-18)11-23-20(21)27/h3-10,13H,11-12H2,1-2H3,(H3,21,23,27). The number of hydrogen-bond acceptors (Lipinski definition) is 6. The lowest BCUT2D eigenvalue weighted by molar-refractivity contribution is -0.385. The summed E-state index contributed by atoms with van der Waals surface area (Å²) in [6.45, 7) is 4.71. The van der Waals surface area contributed by atoms with Gasteiger partial charge in [-0.2, -0.15) is 0 Å². The number of rotatable bonds is 8. The van der Waals surface area contributed by atoms with E-state index in [0.717, 1.165) is 21.2 Å². The van der Waals surface area contributed by atoms with Crippen molar-refractivity contribution in [2.24, 2.45) is 5.73 Å². The van der Waals surface area contributed by atoms with Crippen LogP contribution in [-0.4, -0.2) is 25.5 Å². The molecule has 1 aromatic carbocycles. The summed E-state index contributed by atoms with van der Waals surface area (Å²) >= 11 is 1.41. The molecule has 30 heavy (non-hydrogen) atoms. The first-order valence-corrected chi connectivity index (χ1v) is 10.1. The van der Waals surface area contributed by atoms with Crippen molar-refractivity contribution in [1.82, 2.24) is 19.9 Å². The molecule has 0 radical (unpaired) electrons. The van der Waals surface area contributed by atoms with Crippen molar-refractivity contribution in [2.45, 2.75) is 42.8 Å². The lowest BCUT2D eigenvalue weighted by Crippen LogP contribution is -2.30. The fourth-order valence-electron chi connectivity index (χ4n) is 2.90. The van der Waals surface area contributed by atoms with Crippen LogP contribution in [0.25, 0.3) is 0 Å². The molecule has 0 fully saturated rings. The van der Waals surface area contributed by atoms with Gasteiger partial charge in [0.1, 0.15) is 10.9 Å². The predicted octanol–water partition coefficient (Wildman–Crippen LogP) is 3.68. The van der Waals surface area contributed by atoms with E-state index in [-0.39, 0.29) is 18.2 Å². The van der Waals surface area contributed by atoms with Crippen molar-refractivity contribution in [3.05, 3.63) is 76.0 Å². The van der Waals surface area contributed by atoms with Gasteiger partial charge in [-0.3, -0.25) is 15.1 Å². The summed E-state index contributed by atoms with van der Waals surface area (Å²) in [5.74, 6) is 0.753. The maximum atomic E-state index is 11.3. The van der Waals surface area contributed by atoms with Gasteiger partial charge >= 0.3 is 6.03 Å². The zero-order valence-corrected chi connectivity index (χ0v) is 17.4. The number of nitrogens with one attached hydrogen (secondary N) is 1. The summed E-state index contributed by atoms with van der Waals surface area (Å²) in [5.41, 5.74) is 7.09. The number of pyridine rings is 1. The molecular formula is C20H22N6O3S.